The number of benzene rings is 8. The summed E-state index contributed by atoms with van der Waals surface area (Å²) in [5.41, 5.74) is 19.6. The standard InChI is InChI=1S/C59H42N4/c1-59(2)51-33-31-47(39-23-27-45(28-24-39)57-60-53(41-15-7-3-8-16-41)37-54(61-57)42-17-9-4-10-18-42)35-49(51)50-36-48(32-34-52(50)59)40-25-29-46(30-26-40)58-62-55(43-19-11-5-12-20-43)38-56(63-58)44-21-13-6-14-22-44/h3-38H,1-2H3. The maximum absolute atomic E-state index is 5.06. The normalized spacial score (nSPS) is 12.4. The molecule has 63 heavy (non-hydrogen) atoms. The van der Waals surface area contributed by atoms with Crippen molar-refractivity contribution in [3.05, 3.63) is 230 Å². The van der Waals surface area contributed by atoms with Gasteiger partial charge in [0.2, 0.25) is 0 Å². The third-order valence-corrected chi connectivity index (χ3v) is 12.4. The number of nitrogens with zero attached hydrogens (tertiary/aromatic N) is 4. The Morgan fingerprint density at radius 3 is 0.825 bits per heavy atom. The van der Waals surface area contributed by atoms with Gasteiger partial charge in [-0.25, -0.2) is 19.9 Å². The van der Waals surface area contributed by atoms with Crippen LogP contribution < -0.4 is 0 Å². The SMILES string of the molecule is CC1(C)c2ccc(-c3ccc(-c4nc(-c5ccccc5)cc(-c5ccccc5)n4)cc3)cc2-c2cc(-c3ccc(-c4nc(-c5ccccc5)cc(-c5ccccc5)n4)cc3)ccc21. The molecule has 4 nitrogen and oxygen atoms in total. The zero-order chi connectivity index (χ0) is 42.3. The maximum atomic E-state index is 5.06. The van der Waals surface area contributed by atoms with E-state index in [1.165, 1.54) is 33.4 Å². The summed E-state index contributed by atoms with van der Waals surface area (Å²) in [6.45, 7) is 4.67. The van der Waals surface area contributed by atoms with E-state index in [1.54, 1.807) is 0 Å². The lowest BCUT2D eigenvalue weighted by atomic mass is 9.82. The van der Waals surface area contributed by atoms with Gasteiger partial charge in [0, 0.05) is 38.8 Å². The van der Waals surface area contributed by atoms with Gasteiger partial charge in [-0.15, -0.1) is 0 Å². The molecule has 1 aliphatic carbocycles. The Bertz CT molecular complexity index is 2920. The molecular formula is C59H42N4. The van der Waals surface area contributed by atoms with Gasteiger partial charge in [-0.1, -0.05) is 208 Å². The van der Waals surface area contributed by atoms with Gasteiger partial charge in [0.25, 0.3) is 0 Å². The van der Waals surface area contributed by atoms with Crippen LogP contribution in [0.4, 0.5) is 0 Å². The van der Waals surface area contributed by atoms with Crippen LogP contribution in [0, 0.1) is 0 Å². The first-order chi connectivity index (χ1) is 30.9. The van der Waals surface area contributed by atoms with Crippen molar-refractivity contribution in [3.63, 3.8) is 0 Å². The second-order valence-electron chi connectivity index (χ2n) is 16.7. The van der Waals surface area contributed by atoms with Crippen LogP contribution in [0.5, 0.6) is 0 Å². The third kappa shape index (κ3) is 7.22. The Labute approximate surface area is 368 Å². The first-order valence-corrected chi connectivity index (χ1v) is 21.5. The van der Waals surface area contributed by atoms with Crippen molar-refractivity contribution in [1.29, 1.82) is 0 Å². The number of hydrogen-bond donors (Lipinski definition) is 0. The second-order valence-corrected chi connectivity index (χ2v) is 16.7. The number of hydrogen-bond acceptors (Lipinski definition) is 4. The van der Waals surface area contributed by atoms with E-state index in [0.29, 0.717) is 11.6 Å². The molecule has 0 bridgehead atoms. The lowest BCUT2D eigenvalue weighted by Gasteiger charge is -2.21. The minimum atomic E-state index is -0.120. The first-order valence-electron chi connectivity index (χ1n) is 21.5. The molecule has 0 saturated heterocycles. The van der Waals surface area contributed by atoms with Crippen molar-refractivity contribution in [2.75, 3.05) is 0 Å². The van der Waals surface area contributed by atoms with Crippen LogP contribution in [-0.2, 0) is 5.41 Å². The summed E-state index contributed by atoms with van der Waals surface area (Å²) in [7, 11) is 0. The molecule has 2 aromatic heterocycles. The molecular weight excluding hydrogens is 765 g/mol. The summed E-state index contributed by atoms with van der Waals surface area (Å²) in [5.74, 6) is 1.41. The molecule has 0 unspecified atom stereocenters. The van der Waals surface area contributed by atoms with E-state index in [0.717, 1.165) is 67.3 Å². The zero-order valence-electron chi connectivity index (χ0n) is 35.1. The van der Waals surface area contributed by atoms with Crippen LogP contribution in [0.2, 0.25) is 0 Å². The van der Waals surface area contributed by atoms with E-state index in [9.17, 15) is 0 Å². The number of aromatic nitrogens is 4. The lowest BCUT2D eigenvalue weighted by Crippen LogP contribution is -2.14. The zero-order valence-corrected chi connectivity index (χ0v) is 35.1. The van der Waals surface area contributed by atoms with Crippen molar-refractivity contribution in [2.45, 2.75) is 19.3 Å². The van der Waals surface area contributed by atoms with Gasteiger partial charge in [-0.3, -0.25) is 0 Å². The summed E-state index contributed by atoms with van der Waals surface area (Å²) in [6, 6.07) is 76.7. The molecule has 0 N–H and O–H groups in total. The summed E-state index contributed by atoms with van der Waals surface area (Å²) in [5, 5.41) is 0. The van der Waals surface area contributed by atoms with E-state index >= 15 is 0 Å². The van der Waals surface area contributed by atoms with Crippen molar-refractivity contribution in [1.82, 2.24) is 19.9 Å². The van der Waals surface area contributed by atoms with Crippen LogP contribution in [0.3, 0.4) is 0 Å². The van der Waals surface area contributed by atoms with Gasteiger partial charge >= 0.3 is 0 Å². The van der Waals surface area contributed by atoms with E-state index in [1.807, 2.05) is 72.8 Å². The van der Waals surface area contributed by atoms with Crippen molar-refractivity contribution < 1.29 is 0 Å². The molecule has 0 aliphatic heterocycles. The Morgan fingerprint density at radius 1 is 0.254 bits per heavy atom. The molecule has 2 heterocycles. The highest BCUT2D eigenvalue weighted by Crippen LogP contribution is 2.50. The molecule has 0 spiro atoms. The van der Waals surface area contributed by atoms with Crippen LogP contribution in [0.1, 0.15) is 25.0 Å². The molecule has 1 aliphatic rings. The largest absolute Gasteiger partial charge is 0.228 e. The average molecular weight is 807 g/mol. The van der Waals surface area contributed by atoms with E-state index in [-0.39, 0.29) is 5.41 Å². The number of rotatable bonds is 8. The number of fused-ring (bicyclic) bond motifs is 3. The molecule has 298 valence electrons. The molecule has 10 aromatic rings. The van der Waals surface area contributed by atoms with Crippen molar-refractivity contribution >= 4 is 0 Å². The Kier molecular flexibility index (Phi) is 9.47. The van der Waals surface area contributed by atoms with Crippen molar-refractivity contribution in [2.24, 2.45) is 0 Å². The molecule has 0 atom stereocenters. The van der Waals surface area contributed by atoms with Gasteiger partial charge in [-0.05, 0) is 68.8 Å². The molecule has 0 fully saturated rings. The smallest absolute Gasteiger partial charge is 0.160 e. The van der Waals surface area contributed by atoms with Crippen LogP contribution in [-0.4, -0.2) is 19.9 Å². The predicted molar refractivity (Wildman–Crippen MR) is 259 cm³/mol. The maximum Gasteiger partial charge on any atom is 0.160 e. The average Bonchev–Trinajstić information content (AvgIpc) is 3.59. The molecule has 0 saturated carbocycles. The fourth-order valence-electron chi connectivity index (χ4n) is 8.93. The Hall–Kier alpha value is -8.08. The minimum Gasteiger partial charge on any atom is -0.228 e. The van der Waals surface area contributed by atoms with Gasteiger partial charge in [-0.2, -0.15) is 0 Å². The Balaban J connectivity index is 0.909. The van der Waals surface area contributed by atoms with Gasteiger partial charge in [0.05, 0.1) is 22.8 Å². The van der Waals surface area contributed by atoms with Crippen LogP contribution in [0.25, 0.3) is 101 Å². The molecule has 0 radical (unpaired) electrons. The first kappa shape index (κ1) is 37.9. The molecule has 4 heteroatoms. The highest BCUT2D eigenvalue weighted by molar-refractivity contribution is 5.88. The van der Waals surface area contributed by atoms with Gasteiger partial charge in [0.1, 0.15) is 0 Å². The fourth-order valence-corrected chi connectivity index (χ4v) is 8.93. The van der Waals surface area contributed by atoms with E-state index in [4.69, 9.17) is 19.9 Å². The quantitative estimate of drug-likeness (QED) is 0.153. The third-order valence-electron chi connectivity index (χ3n) is 12.4. The van der Waals surface area contributed by atoms with Gasteiger partial charge < -0.3 is 0 Å². The van der Waals surface area contributed by atoms with Gasteiger partial charge in [0.15, 0.2) is 11.6 Å². The molecule has 11 rings (SSSR count). The predicted octanol–water partition coefficient (Wildman–Crippen LogP) is 14.9. The van der Waals surface area contributed by atoms with Crippen LogP contribution >= 0.6 is 0 Å². The minimum absolute atomic E-state index is 0.120. The molecule has 8 aromatic carbocycles. The van der Waals surface area contributed by atoms with Crippen LogP contribution in [0.15, 0.2) is 218 Å². The summed E-state index contributed by atoms with van der Waals surface area (Å²) >= 11 is 0. The molecule has 0 amide bonds. The fraction of sp³-hybridized carbons (Fsp3) is 0.0508. The lowest BCUT2D eigenvalue weighted by molar-refractivity contribution is 0.660. The van der Waals surface area contributed by atoms with E-state index in [2.05, 4.69) is 159 Å². The topological polar surface area (TPSA) is 51.6 Å². The second kappa shape index (κ2) is 15.7. The monoisotopic (exact) mass is 806 g/mol. The highest BCUT2D eigenvalue weighted by atomic mass is 14.9. The Morgan fingerprint density at radius 2 is 0.524 bits per heavy atom. The highest BCUT2D eigenvalue weighted by Gasteiger charge is 2.35. The summed E-state index contributed by atoms with van der Waals surface area (Å²) in [6.07, 6.45) is 0. The van der Waals surface area contributed by atoms with Crippen molar-refractivity contribution in [3.8, 4) is 101 Å². The van der Waals surface area contributed by atoms with E-state index < -0.39 is 0 Å². The summed E-state index contributed by atoms with van der Waals surface area (Å²) in [4.78, 5) is 20.2. The summed E-state index contributed by atoms with van der Waals surface area (Å²) < 4.78 is 0.